The summed E-state index contributed by atoms with van der Waals surface area (Å²) >= 11 is 0. The van der Waals surface area contributed by atoms with Gasteiger partial charge < -0.3 is 9.47 Å². The summed E-state index contributed by atoms with van der Waals surface area (Å²) in [5, 5.41) is 4.22. The van der Waals surface area contributed by atoms with Crippen LogP contribution in [0.15, 0.2) is 24.8 Å². The van der Waals surface area contributed by atoms with Crippen molar-refractivity contribution >= 4 is 11.6 Å². The van der Waals surface area contributed by atoms with E-state index < -0.39 is 0 Å². The third-order valence-electron chi connectivity index (χ3n) is 5.77. The van der Waals surface area contributed by atoms with Crippen LogP contribution in [0.2, 0.25) is 0 Å². The van der Waals surface area contributed by atoms with E-state index in [9.17, 15) is 4.79 Å². The van der Waals surface area contributed by atoms with Crippen LogP contribution in [-0.2, 0) is 24.9 Å². The number of amides is 1. The molecule has 1 amide bonds. The summed E-state index contributed by atoms with van der Waals surface area (Å²) in [6.07, 6.45) is 9.62. The smallest absolute Gasteiger partial charge is 0.244 e. The molecule has 2 aromatic heterocycles. The number of rotatable bonds is 5. The number of aromatic nitrogens is 4. The first kappa shape index (κ1) is 18.2. The molecule has 2 saturated heterocycles. The first-order chi connectivity index (χ1) is 13.2. The van der Waals surface area contributed by atoms with Gasteiger partial charge in [-0.15, -0.1) is 0 Å². The summed E-state index contributed by atoms with van der Waals surface area (Å²) < 4.78 is 3.95. The van der Waals surface area contributed by atoms with Crippen molar-refractivity contribution in [1.82, 2.24) is 29.1 Å². The molecule has 27 heavy (non-hydrogen) atoms. The van der Waals surface area contributed by atoms with Crippen LogP contribution in [-0.4, -0.2) is 73.8 Å². The number of hydrogen-bond acceptors (Lipinski definition) is 5. The van der Waals surface area contributed by atoms with Gasteiger partial charge in [0.15, 0.2) is 0 Å². The van der Waals surface area contributed by atoms with Gasteiger partial charge in [-0.3, -0.25) is 19.3 Å². The second-order valence-electron chi connectivity index (χ2n) is 7.46. The van der Waals surface area contributed by atoms with Crippen molar-refractivity contribution in [3.05, 3.63) is 30.6 Å². The van der Waals surface area contributed by atoms with Gasteiger partial charge in [-0.05, 0) is 19.8 Å². The Balaban J connectivity index is 1.35. The Labute approximate surface area is 160 Å². The molecule has 0 aliphatic carbocycles. The molecule has 8 heteroatoms. The minimum Gasteiger partial charge on any atom is -0.334 e. The zero-order valence-electron chi connectivity index (χ0n) is 16.3. The van der Waals surface area contributed by atoms with Crippen molar-refractivity contribution in [2.45, 2.75) is 38.9 Å². The summed E-state index contributed by atoms with van der Waals surface area (Å²) in [4.78, 5) is 24.3. The van der Waals surface area contributed by atoms with Crippen LogP contribution in [0.4, 0.5) is 5.69 Å². The van der Waals surface area contributed by atoms with Crippen LogP contribution in [0.25, 0.3) is 0 Å². The van der Waals surface area contributed by atoms with Crippen molar-refractivity contribution in [2.75, 3.05) is 37.6 Å². The van der Waals surface area contributed by atoms with E-state index in [1.807, 2.05) is 30.5 Å². The Morgan fingerprint density at radius 3 is 2.70 bits per heavy atom. The molecule has 0 aromatic carbocycles. The topological polar surface area (TPSA) is 62.4 Å². The molecule has 0 spiro atoms. The number of anilines is 1. The van der Waals surface area contributed by atoms with Crippen molar-refractivity contribution < 1.29 is 4.79 Å². The fourth-order valence-corrected chi connectivity index (χ4v) is 4.21. The molecule has 0 bridgehead atoms. The molecule has 146 valence electrons. The summed E-state index contributed by atoms with van der Waals surface area (Å²) in [6.45, 7) is 8.60. The molecule has 0 unspecified atom stereocenters. The lowest BCUT2D eigenvalue weighted by molar-refractivity contribution is -0.126. The summed E-state index contributed by atoms with van der Waals surface area (Å²) in [6, 6.07) is -0.00117. The highest BCUT2D eigenvalue weighted by Gasteiger charge is 2.35. The van der Waals surface area contributed by atoms with Gasteiger partial charge in [0, 0.05) is 64.9 Å². The van der Waals surface area contributed by atoms with Gasteiger partial charge in [0.05, 0.1) is 24.5 Å². The molecule has 4 rings (SSSR count). The molecular formula is C19H29N7O. The Bertz CT molecular complexity index is 775. The third-order valence-corrected chi connectivity index (χ3v) is 5.77. The van der Waals surface area contributed by atoms with Crippen LogP contribution >= 0.6 is 0 Å². The normalized spacial score (nSPS) is 22.5. The molecule has 1 atom stereocenters. The number of piperidine rings is 1. The maximum atomic E-state index is 13.1. The first-order valence-electron chi connectivity index (χ1n) is 9.92. The highest BCUT2D eigenvalue weighted by molar-refractivity contribution is 5.97. The van der Waals surface area contributed by atoms with E-state index >= 15 is 0 Å². The van der Waals surface area contributed by atoms with Gasteiger partial charge in [-0.2, -0.15) is 5.10 Å². The number of aryl methyl sites for hydroxylation is 2. The van der Waals surface area contributed by atoms with E-state index in [2.05, 4.69) is 31.4 Å². The number of nitrogens with zero attached hydrogens (tertiary/aromatic N) is 7. The van der Waals surface area contributed by atoms with Crippen molar-refractivity contribution in [2.24, 2.45) is 7.05 Å². The quantitative estimate of drug-likeness (QED) is 0.783. The van der Waals surface area contributed by atoms with E-state index in [-0.39, 0.29) is 11.9 Å². The highest BCUT2D eigenvalue weighted by atomic mass is 16.2. The van der Waals surface area contributed by atoms with Crippen LogP contribution in [0.1, 0.15) is 25.6 Å². The maximum Gasteiger partial charge on any atom is 0.244 e. The number of carbonyl (C=O) groups excluding carboxylic acids is 1. The average Bonchev–Trinajstić information content (AvgIpc) is 3.31. The van der Waals surface area contributed by atoms with Crippen LogP contribution in [0.3, 0.4) is 0 Å². The highest BCUT2D eigenvalue weighted by Crippen LogP contribution is 2.24. The molecule has 2 aliphatic rings. The third kappa shape index (κ3) is 3.77. The van der Waals surface area contributed by atoms with Crippen LogP contribution in [0.5, 0.6) is 0 Å². The van der Waals surface area contributed by atoms with Crippen molar-refractivity contribution in [1.29, 1.82) is 0 Å². The second-order valence-corrected chi connectivity index (χ2v) is 7.46. The monoisotopic (exact) mass is 371 g/mol. The molecule has 8 nitrogen and oxygen atoms in total. The van der Waals surface area contributed by atoms with Crippen LogP contribution in [0, 0.1) is 0 Å². The van der Waals surface area contributed by atoms with Crippen molar-refractivity contribution in [3.63, 3.8) is 0 Å². The van der Waals surface area contributed by atoms with E-state index in [1.54, 1.807) is 10.9 Å². The molecule has 2 aliphatic heterocycles. The van der Waals surface area contributed by atoms with Gasteiger partial charge in [-0.25, -0.2) is 4.98 Å². The molecular weight excluding hydrogens is 342 g/mol. The Hall–Kier alpha value is -2.19. The van der Waals surface area contributed by atoms with Crippen molar-refractivity contribution in [3.8, 4) is 0 Å². The minimum atomic E-state index is -0.00117. The molecule has 2 fully saturated rings. The molecule has 0 radical (unpaired) electrons. The lowest BCUT2D eigenvalue weighted by Gasteiger charge is -2.42. The van der Waals surface area contributed by atoms with Gasteiger partial charge in [0.25, 0.3) is 0 Å². The fraction of sp³-hybridized carbons (Fsp3) is 0.632. The van der Waals surface area contributed by atoms with E-state index in [0.717, 1.165) is 70.2 Å². The summed E-state index contributed by atoms with van der Waals surface area (Å²) in [7, 11) is 1.89. The number of hydrogen-bond donors (Lipinski definition) is 0. The standard InChI is InChI=1S/C19H29N7O/c1-3-24-8-6-20-18(24)15-23-9-11-25(12-10-23)17-5-4-7-26(19(17)27)16-13-21-22(2)14-16/h6,8,13-14,17H,3-5,7,9-12,15H2,1-2H3/t17-/m1/s1. The zero-order valence-corrected chi connectivity index (χ0v) is 16.3. The molecule has 0 saturated carbocycles. The summed E-state index contributed by atoms with van der Waals surface area (Å²) in [5.41, 5.74) is 0.914. The average molecular weight is 371 g/mol. The Morgan fingerprint density at radius 2 is 2.00 bits per heavy atom. The predicted octanol–water partition coefficient (Wildman–Crippen LogP) is 0.950. The lowest BCUT2D eigenvalue weighted by Crippen LogP contribution is -2.57. The lowest BCUT2D eigenvalue weighted by atomic mass is 10.0. The second kappa shape index (κ2) is 7.82. The largest absolute Gasteiger partial charge is 0.334 e. The van der Waals surface area contributed by atoms with E-state index in [4.69, 9.17) is 0 Å². The summed E-state index contributed by atoms with van der Waals surface area (Å²) in [5.74, 6) is 1.35. The van der Waals surface area contributed by atoms with Gasteiger partial charge in [0.1, 0.15) is 5.82 Å². The van der Waals surface area contributed by atoms with Gasteiger partial charge in [0.2, 0.25) is 5.91 Å². The maximum absolute atomic E-state index is 13.1. The molecule has 2 aromatic rings. The molecule has 4 heterocycles. The van der Waals surface area contributed by atoms with E-state index in [0.29, 0.717) is 0 Å². The Morgan fingerprint density at radius 1 is 1.19 bits per heavy atom. The zero-order chi connectivity index (χ0) is 18.8. The molecule has 0 N–H and O–H groups in total. The first-order valence-corrected chi connectivity index (χ1v) is 9.92. The number of carbonyl (C=O) groups is 1. The van der Waals surface area contributed by atoms with E-state index in [1.165, 1.54) is 0 Å². The number of imidazole rings is 1. The predicted molar refractivity (Wildman–Crippen MR) is 103 cm³/mol. The van der Waals surface area contributed by atoms with Gasteiger partial charge in [-0.1, -0.05) is 0 Å². The Kier molecular flexibility index (Phi) is 5.27. The SMILES string of the molecule is CCn1ccnc1CN1CCN([C@@H]2CCCN(c3cnn(C)c3)C2=O)CC1. The number of piperazine rings is 1. The fourth-order valence-electron chi connectivity index (χ4n) is 4.21. The minimum absolute atomic E-state index is 0.00117. The van der Waals surface area contributed by atoms with Gasteiger partial charge >= 0.3 is 0 Å². The van der Waals surface area contributed by atoms with Crippen LogP contribution < -0.4 is 4.90 Å².